The van der Waals surface area contributed by atoms with E-state index in [9.17, 15) is 5.11 Å². The lowest BCUT2D eigenvalue weighted by Gasteiger charge is -2.13. The van der Waals surface area contributed by atoms with Crippen molar-refractivity contribution in [1.29, 1.82) is 0 Å². The molecular weight excluding hydrogens is 212 g/mol. The summed E-state index contributed by atoms with van der Waals surface area (Å²) in [6.07, 6.45) is 2.71. The van der Waals surface area contributed by atoms with Gasteiger partial charge in [0.2, 0.25) is 0 Å². The Morgan fingerprint density at radius 3 is 2.71 bits per heavy atom. The van der Waals surface area contributed by atoms with Gasteiger partial charge in [0, 0.05) is 6.42 Å². The van der Waals surface area contributed by atoms with Crippen molar-refractivity contribution < 1.29 is 9.52 Å². The minimum absolute atomic E-state index is 0.416. The predicted octanol–water partition coefficient (Wildman–Crippen LogP) is 3.56. The first-order valence-electron chi connectivity index (χ1n) is 5.94. The number of aliphatic hydroxyl groups excluding tert-OH is 1. The molecule has 1 unspecified atom stereocenters. The first kappa shape index (κ1) is 11.9. The van der Waals surface area contributed by atoms with Crippen molar-refractivity contribution >= 4 is 0 Å². The van der Waals surface area contributed by atoms with Crippen LogP contribution < -0.4 is 0 Å². The third-order valence-corrected chi connectivity index (χ3v) is 3.03. The molecule has 1 aromatic carbocycles. The molecule has 0 fully saturated rings. The number of aryl methyl sites for hydroxylation is 3. The van der Waals surface area contributed by atoms with Gasteiger partial charge in [0.1, 0.15) is 5.76 Å². The minimum Gasteiger partial charge on any atom is -0.469 e. The molecule has 2 aromatic rings. The first-order valence-corrected chi connectivity index (χ1v) is 5.94. The highest BCUT2D eigenvalue weighted by molar-refractivity contribution is 5.32. The van der Waals surface area contributed by atoms with Crippen LogP contribution in [0, 0.1) is 13.8 Å². The molecule has 2 nitrogen and oxygen atoms in total. The van der Waals surface area contributed by atoms with Gasteiger partial charge in [-0.1, -0.05) is 23.8 Å². The number of rotatable bonds is 4. The number of benzene rings is 1. The molecule has 0 radical (unpaired) electrons. The Hall–Kier alpha value is -1.54. The van der Waals surface area contributed by atoms with Gasteiger partial charge in [0.25, 0.3) is 0 Å². The fraction of sp³-hybridized carbons (Fsp3) is 0.333. The van der Waals surface area contributed by atoms with E-state index in [1.807, 2.05) is 31.2 Å². The van der Waals surface area contributed by atoms with Crippen LogP contribution in [0.1, 0.15) is 35.0 Å². The minimum atomic E-state index is -0.416. The molecule has 17 heavy (non-hydrogen) atoms. The highest BCUT2D eigenvalue weighted by atomic mass is 16.3. The van der Waals surface area contributed by atoms with Crippen molar-refractivity contribution in [1.82, 2.24) is 0 Å². The van der Waals surface area contributed by atoms with Crippen molar-refractivity contribution in [2.24, 2.45) is 0 Å². The summed E-state index contributed by atoms with van der Waals surface area (Å²) in [4.78, 5) is 0. The molecule has 0 aliphatic carbocycles. The van der Waals surface area contributed by atoms with Crippen LogP contribution in [-0.2, 0) is 6.42 Å². The molecule has 1 N–H and O–H groups in total. The summed E-state index contributed by atoms with van der Waals surface area (Å²) in [5.41, 5.74) is 3.39. The Kier molecular flexibility index (Phi) is 3.64. The molecule has 1 heterocycles. The van der Waals surface area contributed by atoms with Crippen molar-refractivity contribution in [3.05, 3.63) is 59.0 Å². The zero-order chi connectivity index (χ0) is 12.3. The van der Waals surface area contributed by atoms with Crippen LogP contribution in [0.4, 0.5) is 0 Å². The maximum atomic E-state index is 10.1. The molecule has 0 spiro atoms. The Morgan fingerprint density at radius 2 is 2.06 bits per heavy atom. The van der Waals surface area contributed by atoms with Gasteiger partial charge in [-0.2, -0.15) is 0 Å². The number of aliphatic hydroxyl groups is 1. The van der Waals surface area contributed by atoms with E-state index in [0.717, 1.165) is 23.3 Å². The molecule has 1 atom stereocenters. The molecule has 0 aliphatic rings. The van der Waals surface area contributed by atoms with Gasteiger partial charge in [-0.25, -0.2) is 0 Å². The summed E-state index contributed by atoms with van der Waals surface area (Å²) < 4.78 is 5.26. The highest BCUT2D eigenvalue weighted by Gasteiger charge is 2.11. The average Bonchev–Trinajstić information content (AvgIpc) is 2.78. The molecule has 0 aliphatic heterocycles. The largest absolute Gasteiger partial charge is 0.469 e. The number of hydrogen-bond donors (Lipinski definition) is 1. The summed E-state index contributed by atoms with van der Waals surface area (Å²) in [5, 5.41) is 10.1. The topological polar surface area (TPSA) is 33.4 Å². The van der Waals surface area contributed by atoms with Crippen LogP contribution in [0.15, 0.2) is 41.0 Å². The van der Waals surface area contributed by atoms with Crippen LogP contribution in [0.25, 0.3) is 0 Å². The van der Waals surface area contributed by atoms with E-state index in [-0.39, 0.29) is 0 Å². The van der Waals surface area contributed by atoms with E-state index < -0.39 is 6.10 Å². The monoisotopic (exact) mass is 230 g/mol. The molecule has 2 heteroatoms. The lowest BCUT2D eigenvalue weighted by atomic mass is 9.98. The molecule has 90 valence electrons. The van der Waals surface area contributed by atoms with Crippen molar-refractivity contribution in [2.75, 3.05) is 0 Å². The van der Waals surface area contributed by atoms with Crippen molar-refractivity contribution in [2.45, 2.75) is 32.8 Å². The second-order valence-corrected chi connectivity index (χ2v) is 4.49. The molecule has 0 bridgehead atoms. The lowest BCUT2D eigenvalue weighted by Crippen LogP contribution is -2.01. The van der Waals surface area contributed by atoms with Crippen molar-refractivity contribution in [3.63, 3.8) is 0 Å². The van der Waals surface area contributed by atoms with Gasteiger partial charge in [-0.05, 0) is 43.5 Å². The third-order valence-electron chi connectivity index (χ3n) is 3.03. The Balaban J connectivity index is 2.01. The third kappa shape index (κ3) is 2.98. The highest BCUT2D eigenvalue weighted by Crippen LogP contribution is 2.23. The molecule has 0 saturated carbocycles. The fourth-order valence-electron chi connectivity index (χ4n) is 2.09. The van der Waals surface area contributed by atoms with Gasteiger partial charge in [0.15, 0.2) is 0 Å². The molecule has 0 saturated heterocycles. The molecule has 0 amide bonds. The zero-order valence-electron chi connectivity index (χ0n) is 10.3. The zero-order valence-corrected chi connectivity index (χ0v) is 10.3. The van der Waals surface area contributed by atoms with E-state index in [1.54, 1.807) is 6.26 Å². The number of furan rings is 1. The van der Waals surface area contributed by atoms with Crippen molar-refractivity contribution in [3.8, 4) is 0 Å². The second-order valence-electron chi connectivity index (χ2n) is 4.49. The fourth-order valence-corrected chi connectivity index (χ4v) is 2.09. The normalized spacial score (nSPS) is 12.6. The SMILES string of the molecule is Cc1ccc(C(O)CCc2ccco2)c(C)c1. The van der Waals surface area contributed by atoms with Crippen LogP contribution in [0.3, 0.4) is 0 Å². The predicted molar refractivity (Wildman–Crippen MR) is 67.9 cm³/mol. The van der Waals surface area contributed by atoms with Gasteiger partial charge < -0.3 is 9.52 Å². The number of hydrogen-bond acceptors (Lipinski definition) is 2. The van der Waals surface area contributed by atoms with E-state index in [1.165, 1.54) is 5.56 Å². The Labute approximate surface area is 102 Å². The van der Waals surface area contributed by atoms with Crippen LogP contribution in [-0.4, -0.2) is 5.11 Å². The van der Waals surface area contributed by atoms with Crippen LogP contribution in [0.2, 0.25) is 0 Å². The quantitative estimate of drug-likeness (QED) is 0.871. The Morgan fingerprint density at radius 1 is 1.24 bits per heavy atom. The van der Waals surface area contributed by atoms with E-state index in [0.29, 0.717) is 6.42 Å². The van der Waals surface area contributed by atoms with Gasteiger partial charge in [0.05, 0.1) is 12.4 Å². The molecular formula is C15H18O2. The van der Waals surface area contributed by atoms with E-state index in [2.05, 4.69) is 13.0 Å². The van der Waals surface area contributed by atoms with E-state index >= 15 is 0 Å². The lowest BCUT2D eigenvalue weighted by molar-refractivity contribution is 0.164. The summed E-state index contributed by atoms with van der Waals surface area (Å²) in [6.45, 7) is 4.10. The summed E-state index contributed by atoms with van der Waals surface area (Å²) >= 11 is 0. The maximum Gasteiger partial charge on any atom is 0.103 e. The second kappa shape index (κ2) is 5.19. The summed E-state index contributed by atoms with van der Waals surface area (Å²) in [6, 6.07) is 9.97. The first-order chi connectivity index (χ1) is 8.16. The average molecular weight is 230 g/mol. The summed E-state index contributed by atoms with van der Waals surface area (Å²) in [7, 11) is 0. The smallest absolute Gasteiger partial charge is 0.103 e. The molecule has 2 rings (SSSR count). The van der Waals surface area contributed by atoms with Gasteiger partial charge >= 0.3 is 0 Å². The summed E-state index contributed by atoms with van der Waals surface area (Å²) in [5.74, 6) is 0.925. The standard InChI is InChI=1S/C15H18O2/c1-11-5-7-14(12(2)10-11)15(16)8-6-13-4-3-9-17-13/h3-5,7,9-10,15-16H,6,8H2,1-2H3. The van der Waals surface area contributed by atoms with Gasteiger partial charge in [-0.3, -0.25) is 0 Å². The maximum absolute atomic E-state index is 10.1. The van der Waals surface area contributed by atoms with Crippen LogP contribution >= 0.6 is 0 Å². The van der Waals surface area contributed by atoms with Crippen LogP contribution in [0.5, 0.6) is 0 Å². The van der Waals surface area contributed by atoms with E-state index in [4.69, 9.17) is 4.42 Å². The molecule has 1 aromatic heterocycles. The Bertz CT molecular complexity index is 472. The van der Waals surface area contributed by atoms with Gasteiger partial charge in [-0.15, -0.1) is 0 Å².